The van der Waals surface area contributed by atoms with Crippen LogP contribution in [0.1, 0.15) is 13.8 Å². The highest BCUT2D eigenvalue weighted by molar-refractivity contribution is 7.18. The minimum Gasteiger partial charge on any atom is -0.484 e. The van der Waals surface area contributed by atoms with Crippen molar-refractivity contribution in [3.05, 3.63) is 54.9 Å². The quantitative estimate of drug-likeness (QED) is 0.636. The highest BCUT2D eigenvalue weighted by atomic mass is 32.1. The molecule has 0 unspecified atom stereocenters. The van der Waals surface area contributed by atoms with Crippen molar-refractivity contribution in [2.45, 2.75) is 13.8 Å². The number of hydrogen-bond donors (Lipinski definition) is 0. The van der Waals surface area contributed by atoms with Crippen LogP contribution in [0.15, 0.2) is 54.9 Å². The number of carbonyl (C=O) groups is 1. The van der Waals surface area contributed by atoms with E-state index < -0.39 is 0 Å². The van der Waals surface area contributed by atoms with Gasteiger partial charge in [-0.05, 0) is 30.2 Å². The second-order valence-electron chi connectivity index (χ2n) is 6.13. The molecular weight excluding hydrogens is 348 g/mol. The molecule has 0 bridgehead atoms. The largest absolute Gasteiger partial charge is 0.484 e. The van der Waals surface area contributed by atoms with Crippen molar-refractivity contribution in [1.29, 1.82) is 0 Å². The van der Waals surface area contributed by atoms with E-state index in [1.807, 2.05) is 42.5 Å². The van der Waals surface area contributed by atoms with Crippen molar-refractivity contribution in [2.24, 2.45) is 5.92 Å². The fourth-order valence-corrected chi connectivity index (χ4v) is 3.18. The van der Waals surface area contributed by atoms with Gasteiger partial charge in [0.05, 0.1) is 0 Å². The number of pyridine rings is 1. The van der Waals surface area contributed by atoms with Crippen LogP contribution in [-0.2, 0) is 4.79 Å². The molecule has 26 heavy (non-hydrogen) atoms. The van der Waals surface area contributed by atoms with E-state index in [-0.39, 0.29) is 12.5 Å². The van der Waals surface area contributed by atoms with Crippen molar-refractivity contribution in [3.63, 3.8) is 0 Å². The second kappa shape index (κ2) is 8.53. The number of ether oxygens (including phenoxy) is 1. The SMILES string of the molecule is CC(C)CN(C(=O)COc1ccccc1)c1nnc(-c2cccnc2)s1. The van der Waals surface area contributed by atoms with Crippen molar-refractivity contribution >= 4 is 22.4 Å². The lowest BCUT2D eigenvalue weighted by molar-refractivity contribution is -0.120. The van der Waals surface area contributed by atoms with Gasteiger partial charge in [-0.2, -0.15) is 0 Å². The molecule has 1 amide bonds. The summed E-state index contributed by atoms with van der Waals surface area (Å²) in [6.45, 7) is 4.62. The summed E-state index contributed by atoms with van der Waals surface area (Å²) in [6.07, 6.45) is 3.44. The molecule has 0 saturated heterocycles. The summed E-state index contributed by atoms with van der Waals surface area (Å²) in [4.78, 5) is 18.5. The van der Waals surface area contributed by atoms with Gasteiger partial charge in [0.15, 0.2) is 11.6 Å². The van der Waals surface area contributed by atoms with Crippen LogP contribution >= 0.6 is 11.3 Å². The van der Waals surface area contributed by atoms with E-state index in [1.165, 1.54) is 11.3 Å². The number of para-hydroxylation sites is 1. The molecule has 2 aromatic heterocycles. The first kappa shape index (κ1) is 18.0. The molecule has 0 aliphatic heterocycles. The van der Waals surface area contributed by atoms with Gasteiger partial charge in [-0.1, -0.05) is 43.4 Å². The van der Waals surface area contributed by atoms with Gasteiger partial charge in [0.2, 0.25) is 5.13 Å². The Morgan fingerprint density at radius 1 is 1.15 bits per heavy atom. The van der Waals surface area contributed by atoms with Crippen LogP contribution in [0.25, 0.3) is 10.6 Å². The zero-order valence-electron chi connectivity index (χ0n) is 14.7. The molecule has 0 spiro atoms. The Morgan fingerprint density at radius 2 is 1.96 bits per heavy atom. The lowest BCUT2D eigenvalue weighted by Gasteiger charge is -2.21. The van der Waals surface area contributed by atoms with Gasteiger partial charge in [-0.25, -0.2) is 0 Å². The van der Waals surface area contributed by atoms with E-state index in [0.717, 1.165) is 10.6 Å². The second-order valence-corrected chi connectivity index (χ2v) is 7.09. The number of benzene rings is 1. The third kappa shape index (κ3) is 4.64. The Morgan fingerprint density at radius 3 is 2.65 bits per heavy atom. The zero-order chi connectivity index (χ0) is 18.4. The Kier molecular flexibility index (Phi) is 5.91. The summed E-state index contributed by atoms with van der Waals surface area (Å²) in [6, 6.07) is 13.1. The normalized spacial score (nSPS) is 10.7. The maximum Gasteiger partial charge on any atom is 0.266 e. The van der Waals surface area contributed by atoms with Crippen molar-refractivity contribution in [1.82, 2.24) is 15.2 Å². The van der Waals surface area contributed by atoms with Gasteiger partial charge in [0, 0.05) is 24.5 Å². The first-order valence-electron chi connectivity index (χ1n) is 8.35. The Labute approximate surface area is 156 Å². The molecule has 0 radical (unpaired) electrons. The number of aromatic nitrogens is 3. The molecule has 1 aromatic carbocycles. The van der Waals surface area contributed by atoms with Gasteiger partial charge in [-0.3, -0.25) is 14.7 Å². The predicted molar refractivity (Wildman–Crippen MR) is 102 cm³/mol. The van der Waals surface area contributed by atoms with Gasteiger partial charge in [0.1, 0.15) is 5.75 Å². The van der Waals surface area contributed by atoms with Crippen LogP contribution in [0.2, 0.25) is 0 Å². The lowest BCUT2D eigenvalue weighted by Crippen LogP contribution is -2.37. The van der Waals surface area contributed by atoms with Crippen LogP contribution in [0, 0.1) is 5.92 Å². The monoisotopic (exact) mass is 368 g/mol. The maximum absolute atomic E-state index is 12.7. The summed E-state index contributed by atoms with van der Waals surface area (Å²) in [5.74, 6) is 0.816. The standard InChI is InChI=1S/C19H20N4O2S/c1-14(2)12-23(17(24)13-25-16-8-4-3-5-9-16)19-22-21-18(26-19)15-7-6-10-20-11-15/h3-11,14H,12-13H2,1-2H3. The van der Waals surface area contributed by atoms with E-state index >= 15 is 0 Å². The molecule has 0 atom stereocenters. The first-order valence-corrected chi connectivity index (χ1v) is 9.17. The molecular formula is C19H20N4O2S. The summed E-state index contributed by atoms with van der Waals surface area (Å²) in [5.41, 5.74) is 0.883. The fraction of sp³-hybridized carbons (Fsp3) is 0.263. The minimum absolute atomic E-state index is 0.0431. The third-order valence-corrected chi connectivity index (χ3v) is 4.50. The third-order valence-electron chi connectivity index (χ3n) is 3.51. The van der Waals surface area contributed by atoms with Gasteiger partial charge < -0.3 is 4.74 Å². The average molecular weight is 368 g/mol. The summed E-state index contributed by atoms with van der Waals surface area (Å²) in [5, 5.41) is 9.72. The van der Waals surface area contributed by atoms with E-state index in [2.05, 4.69) is 29.0 Å². The van der Waals surface area contributed by atoms with Crippen LogP contribution in [0.3, 0.4) is 0 Å². The number of anilines is 1. The Balaban J connectivity index is 1.75. The molecule has 6 nitrogen and oxygen atoms in total. The van der Waals surface area contributed by atoms with Gasteiger partial charge >= 0.3 is 0 Å². The number of amides is 1. The van der Waals surface area contributed by atoms with Crippen LogP contribution in [0.5, 0.6) is 5.75 Å². The highest BCUT2D eigenvalue weighted by Gasteiger charge is 2.22. The summed E-state index contributed by atoms with van der Waals surface area (Å²) >= 11 is 1.37. The van der Waals surface area contributed by atoms with Crippen LogP contribution < -0.4 is 9.64 Å². The molecule has 0 aliphatic rings. The summed E-state index contributed by atoms with van der Waals surface area (Å²) in [7, 11) is 0. The first-order chi connectivity index (χ1) is 12.6. The molecule has 7 heteroatoms. The smallest absolute Gasteiger partial charge is 0.266 e. The van der Waals surface area contributed by atoms with Gasteiger partial charge in [-0.15, -0.1) is 10.2 Å². The Bertz CT molecular complexity index is 837. The molecule has 3 rings (SSSR count). The number of hydrogen-bond acceptors (Lipinski definition) is 6. The zero-order valence-corrected chi connectivity index (χ0v) is 15.5. The number of nitrogens with zero attached hydrogens (tertiary/aromatic N) is 4. The van der Waals surface area contributed by atoms with Crippen molar-refractivity contribution < 1.29 is 9.53 Å². The lowest BCUT2D eigenvalue weighted by atomic mass is 10.2. The minimum atomic E-state index is -0.142. The number of rotatable bonds is 7. The Hall–Kier alpha value is -2.80. The molecule has 0 aliphatic carbocycles. The average Bonchev–Trinajstić information content (AvgIpc) is 3.15. The van der Waals surface area contributed by atoms with E-state index in [4.69, 9.17) is 4.74 Å². The van der Waals surface area contributed by atoms with Crippen molar-refractivity contribution in [3.8, 4) is 16.3 Å². The van der Waals surface area contributed by atoms with E-state index in [0.29, 0.717) is 23.3 Å². The molecule has 0 N–H and O–H groups in total. The fourth-order valence-electron chi connectivity index (χ4n) is 2.32. The molecule has 134 valence electrons. The topological polar surface area (TPSA) is 68.2 Å². The number of carbonyl (C=O) groups excluding carboxylic acids is 1. The summed E-state index contributed by atoms with van der Waals surface area (Å²) < 4.78 is 5.60. The maximum atomic E-state index is 12.7. The van der Waals surface area contributed by atoms with Crippen LogP contribution in [0.4, 0.5) is 5.13 Å². The molecule has 0 saturated carbocycles. The predicted octanol–water partition coefficient (Wildman–Crippen LogP) is 3.67. The molecule has 0 fully saturated rings. The highest BCUT2D eigenvalue weighted by Crippen LogP contribution is 2.28. The van der Waals surface area contributed by atoms with E-state index in [9.17, 15) is 4.79 Å². The van der Waals surface area contributed by atoms with Gasteiger partial charge in [0.25, 0.3) is 5.91 Å². The molecule has 3 aromatic rings. The van der Waals surface area contributed by atoms with E-state index in [1.54, 1.807) is 17.3 Å². The van der Waals surface area contributed by atoms with Crippen LogP contribution in [-0.4, -0.2) is 34.2 Å². The van der Waals surface area contributed by atoms with Crippen molar-refractivity contribution in [2.75, 3.05) is 18.1 Å². The molecule has 2 heterocycles.